The smallest absolute Gasteiger partial charge is 0.134 e. The predicted molar refractivity (Wildman–Crippen MR) is 69.9 cm³/mol. The van der Waals surface area contributed by atoms with E-state index in [9.17, 15) is 0 Å². The normalized spacial score (nSPS) is 10.8. The van der Waals surface area contributed by atoms with Crippen LogP contribution in [0.4, 0.5) is 0 Å². The van der Waals surface area contributed by atoms with Gasteiger partial charge in [0.25, 0.3) is 0 Å². The molecule has 0 spiro atoms. The first-order chi connectivity index (χ1) is 7.90. The lowest BCUT2D eigenvalue weighted by molar-refractivity contribution is 0.582. The van der Waals surface area contributed by atoms with Gasteiger partial charge in [-0.15, -0.1) is 11.3 Å². The molecule has 2 heterocycles. The SMILES string of the molecule is CCCCCCc1cc(-c2ccco2)cs1. The molecule has 0 amide bonds. The van der Waals surface area contributed by atoms with Crippen molar-refractivity contribution >= 4 is 11.3 Å². The van der Waals surface area contributed by atoms with Crippen LogP contribution in [-0.4, -0.2) is 0 Å². The number of furan rings is 1. The molecule has 0 saturated carbocycles. The first-order valence-electron chi connectivity index (χ1n) is 6.01. The second-order valence-corrected chi connectivity index (χ2v) is 5.09. The highest BCUT2D eigenvalue weighted by molar-refractivity contribution is 7.10. The van der Waals surface area contributed by atoms with Gasteiger partial charge in [0.15, 0.2) is 0 Å². The molecule has 0 aromatic carbocycles. The Morgan fingerprint density at radius 3 is 2.94 bits per heavy atom. The summed E-state index contributed by atoms with van der Waals surface area (Å²) < 4.78 is 5.38. The second-order valence-electron chi connectivity index (χ2n) is 4.09. The molecule has 2 aromatic heterocycles. The van der Waals surface area contributed by atoms with Gasteiger partial charge in [-0.3, -0.25) is 0 Å². The van der Waals surface area contributed by atoms with E-state index in [-0.39, 0.29) is 0 Å². The van der Waals surface area contributed by atoms with E-state index in [4.69, 9.17) is 4.42 Å². The fourth-order valence-electron chi connectivity index (χ4n) is 1.81. The average Bonchev–Trinajstić information content (AvgIpc) is 2.94. The predicted octanol–water partition coefficient (Wildman–Crippen LogP) is 5.13. The van der Waals surface area contributed by atoms with Crippen LogP contribution in [0.1, 0.15) is 37.5 Å². The van der Waals surface area contributed by atoms with Crippen molar-refractivity contribution in [3.8, 4) is 11.3 Å². The molecule has 0 aliphatic carbocycles. The maximum absolute atomic E-state index is 5.38. The number of aryl methyl sites for hydroxylation is 1. The molecule has 2 heteroatoms. The van der Waals surface area contributed by atoms with Crippen molar-refractivity contribution in [1.82, 2.24) is 0 Å². The van der Waals surface area contributed by atoms with E-state index in [0.29, 0.717) is 0 Å². The van der Waals surface area contributed by atoms with Gasteiger partial charge >= 0.3 is 0 Å². The van der Waals surface area contributed by atoms with Crippen LogP contribution in [-0.2, 0) is 6.42 Å². The Hall–Kier alpha value is -1.02. The van der Waals surface area contributed by atoms with Crippen molar-refractivity contribution in [2.45, 2.75) is 39.0 Å². The molecular formula is C14H18OS. The molecule has 86 valence electrons. The number of rotatable bonds is 6. The average molecular weight is 234 g/mol. The van der Waals surface area contributed by atoms with Gasteiger partial charge in [-0.1, -0.05) is 26.2 Å². The first-order valence-corrected chi connectivity index (χ1v) is 6.89. The fraction of sp³-hybridized carbons (Fsp3) is 0.429. The number of unbranched alkanes of at least 4 members (excludes halogenated alkanes) is 3. The summed E-state index contributed by atoms with van der Waals surface area (Å²) in [6.45, 7) is 2.25. The molecule has 0 bridgehead atoms. The minimum Gasteiger partial charge on any atom is -0.464 e. The van der Waals surface area contributed by atoms with E-state index >= 15 is 0 Å². The van der Waals surface area contributed by atoms with Crippen molar-refractivity contribution in [2.75, 3.05) is 0 Å². The van der Waals surface area contributed by atoms with Gasteiger partial charge in [-0.25, -0.2) is 0 Å². The van der Waals surface area contributed by atoms with E-state index < -0.39 is 0 Å². The lowest BCUT2D eigenvalue weighted by Crippen LogP contribution is -1.80. The minimum atomic E-state index is 0.982. The molecule has 16 heavy (non-hydrogen) atoms. The lowest BCUT2D eigenvalue weighted by Gasteiger charge is -1.96. The van der Waals surface area contributed by atoms with Gasteiger partial charge in [-0.05, 0) is 31.0 Å². The molecule has 0 saturated heterocycles. The van der Waals surface area contributed by atoms with Crippen molar-refractivity contribution in [1.29, 1.82) is 0 Å². The van der Waals surface area contributed by atoms with Crippen molar-refractivity contribution in [3.05, 3.63) is 34.7 Å². The highest BCUT2D eigenvalue weighted by Gasteiger charge is 2.04. The van der Waals surface area contributed by atoms with E-state index in [1.54, 1.807) is 6.26 Å². The van der Waals surface area contributed by atoms with Crippen LogP contribution in [0.25, 0.3) is 11.3 Å². The monoisotopic (exact) mass is 234 g/mol. The summed E-state index contributed by atoms with van der Waals surface area (Å²) in [6.07, 6.45) is 8.27. The van der Waals surface area contributed by atoms with Gasteiger partial charge in [0.1, 0.15) is 5.76 Å². The van der Waals surface area contributed by atoms with Gasteiger partial charge in [-0.2, -0.15) is 0 Å². The summed E-state index contributed by atoms with van der Waals surface area (Å²) in [6, 6.07) is 6.21. The highest BCUT2D eigenvalue weighted by Crippen LogP contribution is 2.26. The Balaban J connectivity index is 1.88. The Labute approximate surface area is 101 Å². The van der Waals surface area contributed by atoms with Crippen LogP contribution in [0.5, 0.6) is 0 Å². The fourth-order valence-corrected chi connectivity index (χ4v) is 2.73. The van der Waals surface area contributed by atoms with Gasteiger partial charge in [0.05, 0.1) is 6.26 Å². The largest absolute Gasteiger partial charge is 0.464 e. The van der Waals surface area contributed by atoms with Crippen LogP contribution in [0.3, 0.4) is 0 Å². The van der Waals surface area contributed by atoms with Crippen LogP contribution >= 0.6 is 11.3 Å². The Kier molecular flexibility index (Phi) is 4.23. The van der Waals surface area contributed by atoms with Crippen LogP contribution in [0, 0.1) is 0 Å². The number of thiophene rings is 1. The number of hydrogen-bond acceptors (Lipinski definition) is 2. The molecule has 0 fully saturated rings. The van der Waals surface area contributed by atoms with E-state index in [1.165, 1.54) is 42.5 Å². The summed E-state index contributed by atoms with van der Waals surface area (Å²) in [5.41, 5.74) is 1.22. The Morgan fingerprint density at radius 2 is 2.19 bits per heavy atom. The van der Waals surface area contributed by atoms with Gasteiger partial charge in [0.2, 0.25) is 0 Å². The molecule has 0 atom stereocenters. The summed E-state index contributed by atoms with van der Waals surface area (Å²) >= 11 is 1.85. The van der Waals surface area contributed by atoms with Crippen molar-refractivity contribution in [3.63, 3.8) is 0 Å². The summed E-state index contributed by atoms with van der Waals surface area (Å²) in [4.78, 5) is 1.47. The van der Waals surface area contributed by atoms with E-state index in [1.807, 2.05) is 23.5 Å². The maximum Gasteiger partial charge on any atom is 0.134 e. The summed E-state index contributed by atoms with van der Waals surface area (Å²) in [7, 11) is 0. The molecule has 0 N–H and O–H groups in total. The topological polar surface area (TPSA) is 13.1 Å². The van der Waals surface area contributed by atoms with Gasteiger partial charge < -0.3 is 4.42 Å². The first kappa shape index (κ1) is 11.5. The standard InChI is InChI=1S/C14H18OS/c1-2-3-4-5-7-13-10-12(11-16-13)14-8-6-9-15-14/h6,8-11H,2-5,7H2,1H3. The van der Waals surface area contributed by atoms with Crippen LogP contribution in [0.15, 0.2) is 34.3 Å². The van der Waals surface area contributed by atoms with Crippen LogP contribution in [0.2, 0.25) is 0 Å². The molecule has 0 aliphatic rings. The Bertz CT molecular complexity index is 400. The zero-order valence-electron chi connectivity index (χ0n) is 9.74. The van der Waals surface area contributed by atoms with Crippen LogP contribution < -0.4 is 0 Å². The lowest BCUT2D eigenvalue weighted by atomic mass is 10.1. The summed E-state index contributed by atoms with van der Waals surface area (Å²) in [5, 5.41) is 2.19. The quantitative estimate of drug-likeness (QED) is 0.631. The molecular weight excluding hydrogens is 216 g/mol. The van der Waals surface area contributed by atoms with Gasteiger partial charge in [0, 0.05) is 15.8 Å². The number of hydrogen-bond donors (Lipinski definition) is 0. The summed E-state index contributed by atoms with van der Waals surface area (Å²) in [5.74, 6) is 0.982. The molecule has 2 rings (SSSR count). The third-order valence-corrected chi connectivity index (χ3v) is 3.73. The third-order valence-electron chi connectivity index (χ3n) is 2.74. The minimum absolute atomic E-state index is 0.982. The maximum atomic E-state index is 5.38. The van der Waals surface area contributed by atoms with Crippen molar-refractivity contribution in [2.24, 2.45) is 0 Å². The molecule has 2 aromatic rings. The molecule has 0 radical (unpaired) electrons. The molecule has 0 unspecified atom stereocenters. The molecule has 0 aliphatic heterocycles. The van der Waals surface area contributed by atoms with Crippen molar-refractivity contribution < 1.29 is 4.42 Å². The zero-order chi connectivity index (χ0) is 11.2. The third kappa shape index (κ3) is 2.99. The highest BCUT2D eigenvalue weighted by atomic mass is 32.1. The molecule has 1 nitrogen and oxygen atoms in total. The zero-order valence-corrected chi connectivity index (χ0v) is 10.6. The second kappa shape index (κ2) is 5.90. The Morgan fingerprint density at radius 1 is 1.25 bits per heavy atom. The van der Waals surface area contributed by atoms with E-state index in [0.717, 1.165) is 5.76 Å². The van der Waals surface area contributed by atoms with E-state index in [2.05, 4.69) is 18.4 Å².